The molecule has 0 saturated heterocycles. The first-order valence-corrected chi connectivity index (χ1v) is 7.07. The van der Waals surface area contributed by atoms with Crippen molar-refractivity contribution in [2.24, 2.45) is 0 Å². The average Bonchev–Trinajstić information content (AvgIpc) is 2.89. The fourth-order valence-electron chi connectivity index (χ4n) is 2.65. The third-order valence-corrected chi connectivity index (χ3v) is 3.69. The monoisotopic (exact) mass is 297 g/mol. The zero-order valence-electron chi connectivity index (χ0n) is 12.0. The molecule has 3 rings (SSSR count). The predicted molar refractivity (Wildman–Crippen MR) is 82.1 cm³/mol. The van der Waals surface area contributed by atoms with Gasteiger partial charge in [-0.3, -0.25) is 9.69 Å². The van der Waals surface area contributed by atoms with Crippen LogP contribution in [0.4, 0.5) is 0 Å². The summed E-state index contributed by atoms with van der Waals surface area (Å²) in [5.41, 5.74) is 3.13. The van der Waals surface area contributed by atoms with Gasteiger partial charge in [0.15, 0.2) is 5.78 Å². The number of Topliss-reactive ketones (excluding diaryl/α,β-unsaturated/α-hetero) is 1. The van der Waals surface area contributed by atoms with Crippen molar-refractivity contribution in [1.82, 2.24) is 4.90 Å². The predicted octanol–water partition coefficient (Wildman–Crippen LogP) is 1.23. The van der Waals surface area contributed by atoms with Crippen molar-refractivity contribution in [2.75, 3.05) is 6.54 Å². The largest absolute Gasteiger partial charge is 0.707 e. The second-order valence-electron chi connectivity index (χ2n) is 5.31. The first kappa shape index (κ1) is 14.8. The average molecular weight is 297 g/mol. The van der Waals surface area contributed by atoms with Crippen LogP contribution in [0.25, 0.3) is 0 Å². The molecule has 1 heterocycles. The highest BCUT2D eigenvalue weighted by Gasteiger charge is 2.21. The summed E-state index contributed by atoms with van der Waals surface area (Å²) in [6, 6.07) is 14.6. The molecule has 0 atom stereocenters. The molecule has 0 spiro atoms. The van der Waals surface area contributed by atoms with E-state index in [0.29, 0.717) is 17.9 Å². The molecule has 1 aliphatic rings. The summed E-state index contributed by atoms with van der Waals surface area (Å²) in [7, 11) is -1.86. The van der Waals surface area contributed by atoms with E-state index in [1.165, 1.54) is 11.1 Å². The summed E-state index contributed by atoms with van der Waals surface area (Å²) in [4.78, 5) is 14.4. The maximum Gasteiger partial charge on any atom is 0.707 e. The Hall–Kier alpha value is -2.15. The lowest BCUT2D eigenvalue weighted by atomic mass is 10.1. The molecule has 0 aromatic heterocycles. The fourth-order valence-corrected chi connectivity index (χ4v) is 2.65. The van der Waals surface area contributed by atoms with E-state index < -0.39 is 7.32 Å². The second kappa shape index (κ2) is 6.31. The van der Waals surface area contributed by atoms with Gasteiger partial charge < -0.3 is 14.7 Å². The number of rotatable bonds is 5. The fraction of sp³-hybridized carbons (Fsp3) is 0.188. The van der Waals surface area contributed by atoms with Gasteiger partial charge in [-0.1, -0.05) is 24.3 Å². The molecular formula is C16H16BNO4. The number of ketones is 1. The molecule has 112 valence electrons. The Morgan fingerprint density at radius 1 is 1.05 bits per heavy atom. The summed E-state index contributed by atoms with van der Waals surface area (Å²) >= 11 is 0. The molecule has 22 heavy (non-hydrogen) atoms. The van der Waals surface area contributed by atoms with E-state index in [0.717, 1.165) is 13.1 Å². The lowest BCUT2D eigenvalue weighted by molar-refractivity contribution is 0.0929. The lowest BCUT2D eigenvalue weighted by Crippen LogP contribution is -2.25. The SMILES string of the molecule is O=C(CN1Cc2ccccc2C1)c1ccc(OB(O)O)cc1. The van der Waals surface area contributed by atoms with Crippen LogP contribution in [0.2, 0.25) is 0 Å². The van der Waals surface area contributed by atoms with Crippen molar-refractivity contribution in [3.05, 3.63) is 65.2 Å². The number of benzene rings is 2. The third kappa shape index (κ3) is 3.36. The molecule has 2 N–H and O–H groups in total. The standard InChI is InChI=1S/C16H16BNO4/c19-16(12-5-7-15(8-6-12)22-17(20)21)11-18-9-13-3-1-2-4-14(13)10-18/h1-8,20-21H,9-11H2. The number of carbonyl (C=O) groups is 1. The van der Waals surface area contributed by atoms with E-state index in [4.69, 9.17) is 14.7 Å². The van der Waals surface area contributed by atoms with Gasteiger partial charge in [-0.25, -0.2) is 0 Å². The molecular weight excluding hydrogens is 281 g/mol. The summed E-state index contributed by atoms with van der Waals surface area (Å²) in [5, 5.41) is 17.4. The van der Waals surface area contributed by atoms with Gasteiger partial charge in [0, 0.05) is 18.7 Å². The molecule has 0 unspecified atom stereocenters. The number of nitrogens with zero attached hydrogens (tertiary/aromatic N) is 1. The highest BCUT2D eigenvalue weighted by Crippen LogP contribution is 2.22. The van der Waals surface area contributed by atoms with Gasteiger partial charge in [-0.2, -0.15) is 0 Å². The highest BCUT2D eigenvalue weighted by molar-refractivity contribution is 6.33. The van der Waals surface area contributed by atoms with Crippen LogP contribution < -0.4 is 4.65 Å². The van der Waals surface area contributed by atoms with Crippen molar-refractivity contribution in [2.45, 2.75) is 13.1 Å². The van der Waals surface area contributed by atoms with E-state index >= 15 is 0 Å². The van der Waals surface area contributed by atoms with Gasteiger partial charge >= 0.3 is 7.32 Å². The van der Waals surface area contributed by atoms with Crippen LogP contribution in [0.3, 0.4) is 0 Å². The van der Waals surface area contributed by atoms with E-state index in [-0.39, 0.29) is 5.78 Å². The van der Waals surface area contributed by atoms with Gasteiger partial charge in [0.25, 0.3) is 0 Å². The number of fused-ring (bicyclic) bond motifs is 1. The van der Waals surface area contributed by atoms with Crippen LogP contribution >= 0.6 is 0 Å². The molecule has 0 saturated carbocycles. The topological polar surface area (TPSA) is 70.0 Å². The molecule has 2 aromatic carbocycles. The third-order valence-electron chi connectivity index (χ3n) is 3.69. The summed E-state index contributed by atoms with van der Waals surface area (Å²) in [6.07, 6.45) is 0. The van der Waals surface area contributed by atoms with Gasteiger partial charge in [0.1, 0.15) is 5.75 Å². The quantitative estimate of drug-likeness (QED) is 0.642. The van der Waals surface area contributed by atoms with Crippen LogP contribution in [-0.4, -0.2) is 34.6 Å². The van der Waals surface area contributed by atoms with Gasteiger partial charge in [0.05, 0.1) is 6.54 Å². The minimum Gasteiger partial charge on any atom is -0.512 e. The molecule has 0 aliphatic carbocycles. The summed E-state index contributed by atoms with van der Waals surface area (Å²) in [6.45, 7) is 1.94. The van der Waals surface area contributed by atoms with Crippen LogP contribution in [0.5, 0.6) is 5.75 Å². The van der Waals surface area contributed by atoms with Gasteiger partial charge in [0.2, 0.25) is 0 Å². The number of hydrogen-bond acceptors (Lipinski definition) is 5. The Morgan fingerprint density at radius 3 is 2.18 bits per heavy atom. The molecule has 6 heteroatoms. The lowest BCUT2D eigenvalue weighted by Gasteiger charge is -2.13. The zero-order valence-corrected chi connectivity index (χ0v) is 12.0. The molecule has 2 aromatic rings. The Labute approximate surface area is 128 Å². The van der Waals surface area contributed by atoms with Crippen molar-refractivity contribution >= 4 is 13.1 Å². The summed E-state index contributed by atoms with van der Waals surface area (Å²) < 4.78 is 4.71. The van der Waals surface area contributed by atoms with Gasteiger partial charge in [-0.15, -0.1) is 0 Å². The second-order valence-corrected chi connectivity index (χ2v) is 5.31. The highest BCUT2D eigenvalue weighted by atomic mass is 16.6. The Balaban J connectivity index is 1.61. The smallest absolute Gasteiger partial charge is 0.512 e. The number of hydrogen-bond donors (Lipinski definition) is 2. The van der Waals surface area contributed by atoms with Crippen LogP contribution in [-0.2, 0) is 13.1 Å². The molecule has 1 aliphatic heterocycles. The van der Waals surface area contributed by atoms with E-state index in [9.17, 15) is 4.79 Å². The molecule has 0 fully saturated rings. The molecule has 5 nitrogen and oxygen atoms in total. The van der Waals surface area contributed by atoms with Gasteiger partial charge in [-0.05, 0) is 35.4 Å². The van der Waals surface area contributed by atoms with Crippen LogP contribution in [0.15, 0.2) is 48.5 Å². The number of carbonyl (C=O) groups excluding carboxylic acids is 1. The van der Waals surface area contributed by atoms with E-state index in [1.807, 2.05) is 12.1 Å². The van der Waals surface area contributed by atoms with Crippen LogP contribution in [0, 0.1) is 0 Å². The Kier molecular flexibility index (Phi) is 4.24. The van der Waals surface area contributed by atoms with Crippen molar-refractivity contribution in [1.29, 1.82) is 0 Å². The first-order chi connectivity index (χ1) is 10.6. The summed E-state index contributed by atoms with van der Waals surface area (Å²) in [5.74, 6) is 0.337. The van der Waals surface area contributed by atoms with Crippen molar-refractivity contribution < 1.29 is 19.5 Å². The molecule has 0 amide bonds. The Morgan fingerprint density at radius 2 is 1.64 bits per heavy atom. The molecule has 0 bridgehead atoms. The Bertz CT molecular complexity index is 647. The van der Waals surface area contributed by atoms with Crippen molar-refractivity contribution in [3.8, 4) is 5.75 Å². The first-order valence-electron chi connectivity index (χ1n) is 7.07. The minimum absolute atomic E-state index is 0.0314. The minimum atomic E-state index is -1.86. The maximum atomic E-state index is 12.3. The molecule has 0 radical (unpaired) electrons. The van der Waals surface area contributed by atoms with Crippen molar-refractivity contribution in [3.63, 3.8) is 0 Å². The van der Waals surface area contributed by atoms with E-state index in [1.54, 1.807) is 24.3 Å². The van der Waals surface area contributed by atoms with Crippen LogP contribution in [0.1, 0.15) is 21.5 Å². The maximum absolute atomic E-state index is 12.3. The normalized spacial score (nSPS) is 13.7. The zero-order chi connectivity index (χ0) is 15.5. The van der Waals surface area contributed by atoms with E-state index in [2.05, 4.69) is 17.0 Å².